The Labute approximate surface area is 326 Å². The van der Waals surface area contributed by atoms with Crippen molar-refractivity contribution in [3.63, 3.8) is 0 Å². The minimum Gasteiger partial charge on any atom is -0.465 e. The zero-order chi connectivity index (χ0) is 38.7. The van der Waals surface area contributed by atoms with Gasteiger partial charge in [0.2, 0.25) is 5.91 Å². The lowest BCUT2D eigenvalue weighted by Crippen LogP contribution is -2.59. The highest BCUT2D eigenvalue weighted by Crippen LogP contribution is 2.51. The molecule has 4 saturated heterocycles. The third-order valence-electron chi connectivity index (χ3n) is 13.3. The van der Waals surface area contributed by atoms with Gasteiger partial charge in [0.25, 0.3) is 0 Å². The Morgan fingerprint density at radius 3 is 2.33 bits per heavy atom. The van der Waals surface area contributed by atoms with E-state index in [1.165, 1.54) is 18.6 Å². The molecule has 7 rings (SSSR count). The van der Waals surface area contributed by atoms with Gasteiger partial charge in [0.15, 0.2) is 9.84 Å². The van der Waals surface area contributed by atoms with Crippen molar-refractivity contribution < 1.29 is 27.5 Å². The first-order chi connectivity index (χ1) is 26.4. The second-order valence-electron chi connectivity index (χ2n) is 17.0. The molecule has 5 fully saturated rings. The van der Waals surface area contributed by atoms with Gasteiger partial charge in [-0.25, -0.2) is 17.6 Å². The van der Waals surface area contributed by atoms with Crippen LogP contribution >= 0.6 is 0 Å². The van der Waals surface area contributed by atoms with Gasteiger partial charge in [-0.05, 0) is 139 Å². The predicted molar refractivity (Wildman–Crippen MR) is 213 cm³/mol. The van der Waals surface area contributed by atoms with Crippen LogP contribution in [0, 0.1) is 23.6 Å². The van der Waals surface area contributed by atoms with Gasteiger partial charge in [0.1, 0.15) is 11.1 Å². The van der Waals surface area contributed by atoms with Gasteiger partial charge < -0.3 is 34.9 Å². The minimum atomic E-state index is -3.53. The van der Waals surface area contributed by atoms with Crippen LogP contribution in [0.25, 0.3) is 0 Å². The number of amides is 2. The summed E-state index contributed by atoms with van der Waals surface area (Å²) in [5, 5.41) is 12.1. The fourth-order valence-electron chi connectivity index (χ4n) is 10.2. The van der Waals surface area contributed by atoms with E-state index in [0.717, 1.165) is 102 Å². The van der Waals surface area contributed by atoms with E-state index < -0.39 is 21.2 Å². The van der Waals surface area contributed by atoms with Crippen LogP contribution in [0.4, 0.5) is 14.9 Å². The first-order valence-electron chi connectivity index (χ1n) is 20.3. The molecule has 4 heterocycles. The van der Waals surface area contributed by atoms with E-state index in [0.29, 0.717) is 23.3 Å². The summed E-state index contributed by atoms with van der Waals surface area (Å²) in [4.78, 5) is 35.6. The van der Waals surface area contributed by atoms with Crippen molar-refractivity contribution in [2.24, 2.45) is 17.8 Å². The van der Waals surface area contributed by atoms with Crippen LogP contribution in [0.2, 0.25) is 0 Å². The van der Waals surface area contributed by atoms with E-state index in [1.807, 2.05) is 37.2 Å². The van der Waals surface area contributed by atoms with Crippen LogP contribution < -0.4 is 10.2 Å². The van der Waals surface area contributed by atoms with Gasteiger partial charge in [-0.3, -0.25) is 4.79 Å². The summed E-state index contributed by atoms with van der Waals surface area (Å²) in [5.74, 6) is 0.547. The van der Waals surface area contributed by atoms with Crippen molar-refractivity contribution in [3.05, 3.63) is 72.1 Å². The first-order valence-corrected chi connectivity index (χ1v) is 21.9. The molecule has 1 saturated carbocycles. The summed E-state index contributed by atoms with van der Waals surface area (Å²) in [5.41, 5.74) is 1.73. The van der Waals surface area contributed by atoms with Crippen molar-refractivity contribution in [3.8, 4) is 0 Å². The van der Waals surface area contributed by atoms with Crippen LogP contribution in [0.15, 0.2) is 65.6 Å². The molecule has 2 amide bonds. The molecule has 0 bridgehead atoms. The van der Waals surface area contributed by atoms with Gasteiger partial charge in [0.05, 0.1) is 4.90 Å². The summed E-state index contributed by atoms with van der Waals surface area (Å²) in [6, 6.07) is 14.3. The average molecular weight is 779 g/mol. The monoisotopic (exact) mass is 778 g/mol. The second kappa shape index (κ2) is 16.9. The maximum Gasteiger partial charge on any atom is 0.404 e. The largest absolute Gasteiger partial charge is 0.465 e. The molecule has 2 aromatic carbocycles. The number of piperidine rings is 1. The Balaban J connectivity index is 0.958. The van der Waals surface area contributed by atoms with Crippen molar-refractivity contribution in [1.29, 1.82) is 0 Å². The van der Waals surface area contributed by atoms with Gasteiger partial charge >= 0.3 is 6.09 Å². The van der Waals surface area contributed by atoms with Gasteiger partial charge in [0, 0.05) is 69.0 Å². The molecule has 5 aliphatic rings. The van der Waals surface area contributed by atoms with E-state index in [9.17, 15) is 27.5 Å². The van der Waals surface area contributed by atoms with E-state index in [2.05, 4.69) is 26.1 Å². The standard InChI is InChI=1S/C42H59FN6O5S/c1-45(2)19-5-11-40(50)49-28-37(29-49)55(53,54)36-14-12-35(13-15-36)48-24-16-31(27-48)26-46-22-17-32(18-23-46)42(30-47-20-6-21-47,33-7-3-8-34(43)25-33)38-9-4-10-39(38)44-41(51)52/h3,5,7-8,11-15,25,31-32,37-39,44H,4,6,9-10,16-24,26-30H2,1-2H3,(H,51,52)/b11-5+/t31-,38-,39-,42-/m0/s1. The molecule has 0 radical (unpaired) electrons. The number of likely N-dealkylation sites (N-methyl/N-ethyl adjacent to an activating group) is 1. The summed E-state index contributed by atoms with van der Waals surface area (Å²) in [7, 11) is 0.320. The lowest BCUT2D eigenvalue weighted by Gasteiger charge is -2.53. The number of carbonyl (C=O) groups excluding carboxylic acids is 1. The smallest absolute Gasteiger partial charge is 0.404 e. The molecule has 11 nitrogen and oxygen atoms in total. The zero-order valence-electron chi connectivity index (χ0n) is 32.5. The molecule has 0 aromatic heterocycles. The molecule has 2 aromatic rings. The van der Waals surface area contributed by atoms with Crippen LogP contribution in [-0.4, -0.2) is 143 Å². The van der Waals surface area contributed by atoms with Gasteiger partial charge in [-0.1, -0.05) is 24.6 Å². The van der Waals surface area contributed by atoms with Gasteiger partial charge in [-0.2, -0.15) is 0 Å². The van der Waals surface area contributed by atoms with Gasteiger partial charge in [-0.15, -0.1) is 0 Å². The van der Waals surface area contributed by atoms with Crippen LogP contribution in [-0.2, 0) is 20.0 Å². The highest BCUT2D eigenvalue weighted by atomic mass is 32.2. The maximum atomic E-state index is 15.0. The number of rotatable bonds is 14. The zero-order valence-corrected chi connectivity index (χ0v) is 33.3. The third kappa shape index (κ3) is 8.74. The van der Waals surface area contributed by atoms with Crippen molar-refractivity contribution in [2.75, 3.05) is 91.0 Å². The summed E-state index contributed by atoms with van der Waals surface area (Å²) in [6.07, 6.45) is 9.29. The molecule has 0 spiro atoms. The molecule has 4 atom stereocenters. The third-order valence-corrected chi connectivity index (χ3v) is 15.4. The summed E-state index contributed by atoms with van der Waals surface area (Å²) >= 11 is 0. The van der Waals surface area contributed by atoms with Crippen LogP contribution in [0.3, 0.4) is 0 Å². The lowest BCUT2D eigenvalue weighted by molar-refractivity contribution is -0.129. The fourth-order valence-corrected chi connectivity index (χ4v) is 11.9. The van der Waals surface area contributed by atoms with Crippen LogP contribution in [0.1, 0.15) is 50.5 Å². The highest BCUT2D eigenvalue weighted by molar-refractivity contribution is 7.92. The Bertz CT molecular complexity index is 1790. The molecule has 13 heteroatoms. The van der Waals surface area contributed by atoms with Crippen molar-refractivity contribution in [2.45, 2.75) is 66.5 Å². The number of benzene rings is 2. The van der Waals surface area contributed by atoms with Crippen LogP contribution in [0.5, 0.6) is 0 Å². The summed E-state index contributed by atoms with van der Waals surface area (Å²) in [6.45, 7) is 8.77. The topological polar surface area (TPSA) is 117 Å². The molecule has 0 unspecified atom stereocenters. The molecule has 1 aliphatic carbocycles. The molecular formula is C42H59FN6O5S. The molecule has 300 valence electrons. The minimum absolute atomic E-state index is 0.111. The molecule has 55 heavy (non-hydrogen) atoms. The number of carbonyl (C=O) groups is 2. The number of sulfone groups is 1. The lowest BCUT2D eigenvalue weighted by atomic mass is 9.57. The highest BCUT2D eigenvalue weighted by Gasteiger charge is 2.53. The summed E-state index contributed by atoms with van der Waals surface area (Å²) < 4.78 is 41.7. The number of likely N-dealkylation sites (tertiary alicyclic amines) is 3. The number of anilines is 1. The number of hydrogen-bond donors (Lipinski definition) is 2. The SMILES string of the molecule is CN(C)C/C=C/C(=O)N1CC(S(=O)(=O)c2ccc(N3CC[C@@H](CN4CCC([C@@](CN5CCC5)(c5cccc(F)c5)[C@H]5CCC[C@@H]5NC(=O)O)CC4)C3)cc2)C1. The van der Waals surface area contributed by atoms with E-state index in [-0.39, 0.29) is 42.2 Å². The number of carboxylic acid groups (broad SMARTS) is 1. The second-order valence-corrected chi connectivity index (χ2v) is 19.2. The molecule has 2 N–H and O–H groups in total. The molecule has 4 aliphatic heterocycles. The Morgan fingerprint density at radius 1 is 0.927 bits per heavy atom. The van der Waals surface area contributed by atoms with E-state index in [4.69, 9.17) is 0 Å². The maximum absolute atomic E-state index is 15.0. The van der Waals surface area contributed by atoms with Crippen molar-refractivity contribution >= 4 is 27.5 Å². The quantitative estimate of drug-likeness (QED) is 0.267. The fraction of sp³-hybridized carbons (Fsp3) is 0.619. The Morgan fingerprint density at radius 2 is 1.67 bits per heavy atom. The first kappa shape index (κ1) is 39.7. The average Bonchev–Trinajstić information content (AvgIpc) is 3.77. The van der Waals surface area contributed by atoms with E-state index in [1.54, 1.807) is 29.2 Å². The predicted octanol–water partition coefficient (Wildman–Crippen LogP) is 4.55. The number of nitrogens with zero attached hydrogens (tertiary/aromatic N) is 5. The Hall–Kier alpha value is -3.52. The van der Waals surface area contributed by atoms with Crippen molar-refractivity contribution in [1.82, 2.24) is 24.9 Å². The Kier molecular flexibility index (Phi) is 12.2. The molecular weight excluding hydrogens is 720 g/mol. The normalized spacial score (nSPS) is 25.6. The number of hydrogen-bond acceptors (Lipinski definition) is 8. The van der Waals surface area contributed by atoms with E-state index >= 15 is 0 Å². The number of halogens is 1. The number of nitrogens with one attached hydrogen (secondary N) is 1.